The van der Waals surface area contributed by atoms with Crippen molar-refractivity contribution in [2.45, 2.75) is 33.4 Å². The molecule has 0 radical (unpaired) electrons. The smallest absolute Gasteiger partial charge is 0.341 e. The van der Waals surface area contributed by atoms with Crippen LogP contribution in [0.15, 0.2) is 47.5 Å². The van der Waals surface area contributed by atoms with Crippen molar-refractivity contribution in [2.75, 3.05) is 0 Å². The molecule has 1 aliphatic rings. The van der Waals surface area contributed by atoms with Crippen LogP contribution in [0.3, 0.4) is 0 Å². The van der Waals surface area contributed by atoms with E-state index in [0.717, 1.165) is 22.4 Å². The summed E-state index contributed by atoms with van der Waals surface area (Å²) in [5, 5.41) is 13.9. The van der Waals surface area contributed by atoms with Crippen LogP contribution in [0.5, 0.6) is 0 Å². The summed E-state index contributed by atoms with van der Waals surface area (Å²) in [6, 6.07) is 9.59. The first-order valence-corrected chi connectivity index (χ1v) is 8.99. The topological polar surface area (TPSA) is 77.1 Å². The van der Waals surface area contributed by atoms with Crippen molar-refractivity contribution in [3.63, 3.8) is 0 Å². The molecule has 2 aromatic heterocycles. The van der Waals surface area contributed by atoms with Crippen molar-refractivity contribution < 1.29 is 9.90 Å². The first kappa shape index (κ1) is 17.3. The fourth-order valence-electron chi connectivity index (χ4n) is 3.79. The molecule has 1 aliphatic heterocycles. The molecule has 6 nitrogen and oxygen atoms in total. The van der Waals surface area contributed by atoms with Crippen LogP contribution in [-0.2, 0) is 6.54 Å². The molecule has 138 valence electrons. The van der Waals surface area contributed by atoms with E-state index >= 15 is 0 Å². The Morgan fingerprint density at radius 2 is 2.07 bits per heavy atom. The van der Waals surface area contributed by atoms with E-state index in [1.807, 2.05) is 40.6 Å². The third-order valence-corrected chi connectivity index (χ3v) is 5.21. The highest BCUT2D eigenvalue weighted by Crippen LogP contribution is 2.39. The minimum absolute atomic E-state index is 0.0245. The first-order chi connectivity index (χ1) is 12.9. The number of aromatic carboxylic acids is 1. The molecule has 0 spiro atoms. The maximum absolute atomic E-state index is 12.4. The number of benzene rings is 1. The molecule has 1 N–H and O–H groups in total. The zero-order valence-corrected chi connectivity index (χ0v) is 15.5. The van der Waals surface area contributed by atoms with Gasteiger partial charge in [0.1, 0.15) is 5.56 Å². The second-order valence-corrected chi connectivity index (χ2v) is 7.42. The average Bonchev–Trinajstić information content (AvgIpc) is 3.04. The molecule has 0 saturated carbocycles. The highest BCUT2D eigenvalue weighted by Gasteiger charge is 2.30. The molecule has 3 heterocycles. The van der Waals surface area contributed by atoms with Gasteiger partial charge in [0.2, 0.25) is 0 Å². The number of pyridine rings is 1. The van der Waals surface area contributed by atoms with E-state index in [9.17, 15) is 14.7 Å². The van der Waals surface area contributed by atoms with E-state index in [1.165, 1.54) is 12.3 Å². The van der Waals surface area contributed by atoms with Gasteiger partial charge in [-0.1, -0.05) is 43.7 Å². The highest BCUT2D eigenvalue weighted by molar-refractivity contribution is 5.88. The zero-order valence-electron chi connectivity index (χ0n) is 15.5. The Labute approximate surface area is 156 Å². The van der Waals surface area contributed by atoms with Crippen molar-refractivity contribution in [1.82, 2.24) is 14.3 Å². The molecule has 0 saturated heterocycles. The SMILES string of the molecule is Cc1cccc(-c2cnn3c2-c2cc(=O)c(C(=O)O)cn2[C@H](C(C)C)C3)c1. The molecule has 0 aliphatic carbocycles. The summed E-state index contributed by atoms with van der Waals surface area (Å²) in [4.78, 5) is 23.9. The van der Waals surface area contributed by atoms with E-state index in [4.69, 9.17) is 0 Å². The van der Waals surface area contributed by atoms with E-state index in [2.05, 4.69) is 25.0 Å². The van der Waals surface area contributed by atoms with Crippen LogP contribution in [0.25, 0.3) is 22.5 Å². The van der Waals surface area contributed by atoms with Crippen LogP contribution in [0.1, 0.15) is 35.8 Å². The van der Waals surface area contributed by atoms with Gasteiger partial charge < -0.3 is 9.67 Å². The maximum Gasteiger partial charge on any atom is 0.341 e. The Hall–Kier alpha value is -3.15. The van der Waals surface area contributed by atoms with E-state index in [-0.39, 0.29) is 17.5 Å². The average molecular weight is 363 g/mol. The molecule has 27 heavy (non-hydrogen) atoms. The summed E-state index contributed by atoms with van der Waals surface area (Å²) in [5.74, 6) is -0.941. The molecule has 0 unspecified atom stereocenters. The molecular weight excluding hydrogens is 342 g/mol. The maximum atomic E-state index is 12.4. The third kappa shape index (κ3) is 2.77. The molecule has 4 rings (SSSR count). The Balaban J connectivity index is 2.00. The Bertz CT molecular complexity index is 1110. The first-order valence-electron chi connectivity index (χ1n) is 8.99. The molecule has 6 heteroatoms. The van der Waals surface area contributed by atoms with Crippen molar-refractivity contribution in [3.8, 4) is 22.5 Å². The number of carbonyl (C=O) groups is 1. The van der Waals surface area contributed by atoms with Gasteiger partial charge >= 0.3 is 5.97 Å². The Kier molecular flexibility index (Phi) is 3.98. The van der Waals surface area contributed by atoms with Crippen LogP contribution >= 0.6 is 0 Å². The van der Waals surface area contributed by atoms with Crippen molar-refractivity contribution in [2.24, 2.45) is 5.92 Å². The number of fused-ring (bicyclic) bond motifs is 3. The second-order valence-electron chi connectivity index (χ2n) is 7.42. The summed E-state index contributed by atoms with van der Waals surface area (Å²) in [5.41, 5.74) is 3.99. The van der Waals surface area contributed by atoms with Gasteiger partial charge in [-0.25, -0.2) is 4.79 Å². The van der Waals surface area contributed by atoms with E-state index in [1.54, 1.807) is 0 Å². The minimum Gasteiger partial charge on any atom is -0.477 e. The fourth-order valence-corrected chi connectivity index (χ4v) is 3.79. The monoisotopic (exact) mass is 363 g/mol. The second kappa shape index (κ2) is 6.23. The normalized spacial score (nSPS) is 15.5. The van der Waals surface area contributed by atoms with Gasteiger partial charge in [0.15, 0.2) is 5.43 Å². The lowest BCUT2D eigenvalue weighted by Gasteiger charge is -2.32. The number of aryl methyl sites for hydroxylation is 1. The van der Waals surface area contributed by atoms with Crippen LogP contribution in [0.4, 0.5) is 0 Å². The van der Waals surface area contributed by atoms with Gasteiger partial charge in [-0.05, 0) is 18.4 Å². The van der Waals surface area contributed by atoms with Crippen molar-refractivity contribution in [3.05, 3.63) is 64.1 Å². The fraction of sp³-hybridized carbons (Fsp3) is 0.286. The molecule has 0 bridgehead atoms. The lowest BCUT2D eigenvalue weighted by atomic mass is 9.96. The molecule has 0 amide bonds. The predicted octanol–water partition coefficient (Wildman–Crippen LogP) is 3.60. The largest absolute Gasteiger partial charge is 0.477 e. The van der Waals surface area contributed by atoms with E-state index in [0.29, 0.717) is 12.2 Å². The molecular formula is C21H21N3O3. The quantitative estimate of drug-likeness (QED) is 0.771. The highest BCUT2D eigenvalue weighted by atomic mass is 16.4. The van der Waals surface area contributed by atoms with Crippen LogP contribution in [0.2, 0.25) is 0 Å². The lowest BCUT2D eigenvalue weighted by molar-refractivity contribution is 0.0694. The summed E-state index contributed by atoms with van der Waals surface area (Å²) < 4.78 is 3.86. The van der Waals surface area contributed by atoms with Gasteiger partial charge in [-0.15, -0.1) is 0 Å². The number of aromatic nitrogens is 3. The van der Waals surface area contributed by atoms with Gasteiger partial charge in [0, 0.05) is 17.8 Å². The van der Waals surface area contributed by atoms with Crippen molar-refractivity contribution in [1.29, 1.82) is 0 Å². The molecule has 3 aromatic rings. The standard InChI is InChI=1S/C21H21N3O3/c1-12(2)18-11-24-20(15(9-22-24)14-6-4-5-13(3)7-14)17-8-19(25)16(21(26)27)10-23(17)18/h4-10,12,18H,11H2,1-3H3,(H,26,27)/t18-/m0/s1. The summed E-state index contributed by atoms with van der Waals surface area (Å²) >= 11 is 0. The summed E-state index contributed by atoms with van der Waals surface area (Å²) in [7, 11) is 0. The molecule has 1 atom stereocenters. The Morgan fingerprint density at radius 3 is 2.74 bits per heavy atom. The minimum atomic E-state index is -1.20. The lowest BCUT2D eigenvalue weighted by Crippen LogP contribution is -2.31. The van der Waals surface area contributed by atoms with Crippen molar-refractivity contribution >= 4 is 5.97 Å². The van der Waals surface area contributed by atoms with Gasteiger partial charge in [0.05, 0.1) is 30.2 Å². The number of rotatable bonds is 3. The van der Waals surface area contributed by atoms with Crippen LogP contribution in [0, 0.1) is 12.8 Å². The van der Waals surface area contributed by atoms with Crippen LogP contribution in [-0.4, -0.2) is 25.4 Å². The summed E-state index contributed by atoms with van der Waals surface area (Å²) in [6.07, 6.45) is 3.31. The number of carboxylic acid groups (broad SMARTS) is 1. The summed E-state index contributed by atoms with van der Waals surface area (Å²) in [6.45, 7) is 6.84. The Morgan fingerprint density at radius 1 is 1.30 bits per heavy atom. The number of hydrogen-bond acceptors (Lipinski definition) is 3. The van der Waals surface area contributed by atoms with Gasteiger partial charge in [-0.3, -0.25) is 9.48 Å². The van der Waals surface area contributed by atoms with Crippen LogP contribution < -0.4 is 5.43 Å². The molecule has 1 aromatic carbocycles. The van der Waals surface area contributed by atoms with E-state index < -0.39 is 11.4 Å². The van der Waals surface area contributed by atoms with Gasteiger partial charge in [-0.2, -0.15) is 5.10 Å². The predicted molar refractivity (Wildman–Crippen MR) is 103 cm³/mol. The number of nitrogens with zero attached hydrogens (tertiary/aromatic N) is 3. The third-order valence-electron chi connectivity index (χ3n) is 5.21. The molecule has 0 fully saturated rings. The van der Waals surface area contributed by atoms with Gasteiger partial charge in [0.25, 0.3) is 0 Å². The number of hydrogen-bond donors (Lipinski definition) is 1. The zero-order chi connectivity index (χ0) is 19.3. The number of carboxylic acids is 1.